The fraction of sp³-hybridized carbons (Fsp3) is 0.250. The van der Waals surface area contributed by atoms with E-state index in [4.69, 9.17) is 25.8 Å². The molecule has 3 rings (SSSR count). The highest BCUT2D eigenvalue weighted by Gasteiger charge is 2.13. The molecule has 0 bridgehead atoms. The first-order valence-electron chi connectivity index (χ1n) is 9.65. The normalized spacial score (nSPS) is 10.2. The molecule has 0 fully saturated rings. The van der Waals surface area contributed by atoms with Crippen LogP contribution >= 0.6 is 24.0 Å². The number of rotatable bonds is 10. The van der Waals surface area contributed by atoms with Gasteiger partial charge in [-0.25, -0.2) is 0 Å². The van der Waals surface area contributed by atoms with Crippen molar-refractivity contribution in [2.24, 2.45) is 0 Å². The smallest absolute Gasteiger partial charge is 0.180 e. The van der Waals surface area contributed by atoms with Crippen molar-refractivity contribution in [3.05, 3.63) is 88.4 Å². The number of hydrogen-bond acceptors (Lipinski definition) is 4. The fourth-order valence-corrected chi connectivity index (χ4v) is 3.33. The number of methoxy groups -OCH3 is 1. The molecule has 0 aromatic heterocycles. The summed E-state index contributed by atoms with van der Waals surface area (Å²) in [7, 11) is 1.68. The van der Waals surface area contributed by atoms with Gasteiger partial charge in [-0.05, 0) is 36.2 Å². The van der Waals surface area contributed by atoms with Crippen LogP contribution in [0.1, 0.15) is 23.6 Å². The third kappa shape index (κ3) is 6.56. The van der Waals surface area contributed by atoms with Crippen LogP contribution in [0.2, 0.25) is 5.02 Å². The average molecular weight is 448 g/mol. The summed E-state index contributed by atoms with van der Waals surface area (Å²) in [5.41, 5.74) is 3.21. The highest BCUT2D eigenvalue weighted by molar-refractivity contribution is 6.32. The van der Waals surface area contributed by atoms with Gasteiger partial charge < -0.3 is 19.5 Å². The van der Waals surface area contributed by atoms with Gasteiger partial charge >= 0.3 is 0 Å². The molecule has 160 valence electrons. The van der Waals surface area contributed by atoms with E-state index in [0.717, 1.165) is 22.4 Å². The molecule has 0 amide bonds. The van der Waals surface area contributed by atoms with Crippen molar-refractivity contribution < 1.29 is 14.2 Å². The molecule has 0 heterocycles. The molecular weight excluding hydrogens is 421 g/mol. The first kappa shape index (κ1) is 23.9. The number of para-hydroxylation sites is 1. The van der Waals surface area contributed by atoms with Crippen molar-refractivity contribution in [1.82, 2.24) is 5.32 Å². The standard InChI is InChI=1S/C24H26ClNO3.ClH/c1-3-28-23-14-19(15-26-16-20-11-7-8-12-22(20)27-2)13-21(25)24(23)29-17-18-9-5-4-6-10-18;/h4-14,26H,3,15-17H2,1-2H3;1H. The van der Waals surface area contributed by atoms with Crippen LogP contribution in [-0.4, -0.2) is 13.7 Å². The molecule has 3 aromatic carbocycles. The maximum Gasteiger partial charge on any atom is 0.180 e. The molecule has 1 N–H and O–H groups in total. The van der Waals surface area contributed by atoms with Crippen LogP contribution in [0, 0.1) is 0 Å². The molecular formula is C24H27Cl2NO3. The highest BCUT2D eigenvalue weighted by Crippen LogP contribution is 2.37. The Morgan fingerprint density at radius 1 is 0.833 bits per heavy atom. The fourth-order valence-electron chi connectivity index (χ4n) is 3.05. The summed E-state index contributed by atoms with van der Waals surface area (Å²) in [4.78, 5) is 0. The van der Waals surface area contributed by atoms with Gasteiger partial charge in [0.1, 0.15) is 12.4 Å². The molecule has 0 aliphatic rings. The minimum absolute atomic E-state index is 0. The van der Waals surface area contributed by atoms with Gasteiger partial charge in [0.25, 0.3) is 0 Å². The van der Waals surface area contributed by atoms with E-state index in [0.29, 0.717) is 42.8 Å². The first-order valence-corrected chi connectivity index (χ1v) is 10.0. The Hall–Kier alpha value is -2.40. The molecule has 0 saturated heterocycles. The molecule has 0 unspecified atom stereocenters. The zero-order chi connectivity index (χ0) is 20.5. The zero-order valence-electron chi connectivity index (χ0n) is 17.2. The Balaban J connectivity index is 0.00000320. The molecule has 0 aliphatic heterocycles. The van der Waals surface area contributed by atoms with E-state index in [1.807, 2.05) is 73.7 Å². The zero-order valence-corrected chi connectivity index (χ0v) is 18.8. The topological polar surface area (TPSA) is 39.7 Å². The molecule has 4 nitrogen and oxygen atoms in total. The van der Waals surface area contributed by atoms with Crippen LogP contribution in [0.3, 0.4) is 0 Å². The van der Waals surface area contributed by atoms with Crippen molar-refractivity contribution in [3.63, 3.8) is 0 Å². The number of nitrogens with one attached hydrogen (secondary N) is 1. The van der Waals surface area contributed by atoms with E-state index in [1.54, 1.807) is 7.11 Å². The maximum atomic E-state index is 6.53. The lowest BCUT2D eigenvalue weighted by Crippen LogP contribution is -2.13. The van der Waals surface area contributed by atoms with E-state index in [9.17, 15) is 0 Å². The lowest BCUT2D eigenvalue weighted by molar-refractivity contribution is 0.269. The third-order valence-corrected chi connectivity index (χ3v) is 4.71. The molecule has 3 aromatic rings. The predicted octanol–water partition coefficient (Wildman–Crippen LogP) is 6.04. The van der Waals surface area contributed by atoms with Gasteiger partial charge in [0.2, 0.25) is 0 Å². The van der Waals surface area contributed by atoms with Gasteiger partial charge in [0, 0.05) is 18.7 Å². The van der Waals surface area contributed by atoms with Gasteiger partial charge in [-0.2, -0.15) is 0 Å². The van der Waals surface area contributed by atoms with E-state index in [2.05, 4.69) is 5.32 Å². The van der Waals surface area contributed by atoms with Crippen molar-refractivity contribution in [2.75, 3.05) is 13.7 Å². The summed E-state index contributed by atoms with van der Waals surface area (Å²) in [6.07, 6.45) is 0. The number of halogens is 2. The molecule has 0 spiro atoms. The lowest BCUT2D eigenvalue weighted by atomic mass is 10.1. The van der Waals surface area contributed by atoms with Crippen LogP contribution < -0.4 is 19.5 Å². The molecule has 0 radical (unpaired) electrons. The molecule has 0 aliphatic carbocycles. The SMILES string of the molecule is CCOc1cc(CNCc2ccccc2OC)cc(Cl)c1OCc1ccccc1.Cl. The quantitative estimate of drug-likeness (QED) is 0.411. The van der Waals surface area contributed by atoms with E-state index in [1.165, 1.54) is 0 Å². The molecule has 0 saturated carbocycles. The average Bonchev–Trinajstić information content (AvgIpc) is 2.74. The van der Waals surface area contributed by atoms with Crippen LogP contribution in [0.25, 0.3) is 0 Å². The van der Waals surface area contributed by atoms with Gasteiger partial charge in [-0.15, -0.1) is 12.4 Å². The third-order valence-electron chi connectivity index (χ3n) is 4.43. The van der Waals surface area contributed by atoms with E-state index in [-0.39, 0.29) is 12.4 Å². The largest absolute Gasteiger partial charge is 0.496 e. The molecule has 0 atom stereocenters. The minimum Gasteiger partial charge on any atom is -0.496 e. The van der Waals surface area contributed by atoms with Crippen molar-refractivity contribution in [3.8, 4) is 17.2 Å². The Morgan fingerprint density at radius 3 is 2.30 bits per heavy atom. The highest BCUT2D eigenvalue weighted by atomic mass is 35.5. The molecule has 6 heteroatoms. The van der Waals surface area contributed by atoms with Crippen LogP contribution in [0.5, 0.6) is 17.2 Å². The second-order valence-corrected chi connectivity index (χ2v) is 6.93. The predicted molar refractivity (Wildman–Crippen MR) is 124 cm³/mol. The van der Waals surface area contributed by atoms with Crippen molar-refractivity contribution >= 4 is 24.0 Å². The van der Waals surface area contributed by atoms with E-state index >= 15 is 0 Å². The first-order chi connectivity index (χ1) is 14.2. The second-order valence-electron chi connectivity index (χ2n) is 6.53. The maximum absolute atomic E-state index is 6.53. The Labute approximate surface area is 189 Å². The van der Waals surface area contributed by atoms with Crippen LogP contribution in [0.4, 0.5) is 0 Å². The van der Waals surface area contributed by atoms with Crippen LogP contribution in [0.15, 0.2) is 66.7 Å². The summed E-state index contributed by atoms with van der Waals surface area (Å²) >= 11 is 6.53. The lowest BCUT2D eigenvalue weighted by Gasteiger charge is -2.16. The minimum atomic E-state index is 0. The van der Waals surface area contributed by atoms with Crippen molar-refractivity contribution in [1.29, 1.82) is 0 Å². The summed E-state index contributed by atoms with van der Waals surface area (Å²) in [5.74, 6) is 2.11. The Morgan fingerprint density at radius 2 is 1.57 bits per heavy atom. The summed E-state index contributed by atoms with van der Waals surface area (Å²) < 4.78 is 17.2. The van der Waals surface area contributed by atoms with E-state index < -0.39 is 0 Å². The van der Waals surface area contributed by atoms with Gasteiger partial charge in [0.05, 0.1) is 18.7 Å². The Kier molecular flexibility index (Phi) is 9.81. The summed E-state index contributed by atoms with van der Waals surface area (Å²) in [5, 5.41) is 3.97. The number of ether oxygens (including phenoxy) is 3. The second kappa shape index (κ2) is 12.3. The molecule has 30 heavy (non-hydrogen) atoms. The van der Waals surface area contributed by atoms with Gasteiger partial charge in [-0.3, -0.25) is 0 Å². The van der Waals surface area contributed by atoms with Crippen LogP contribution in [-0.2, 0) is 19.7 Å². The van der Waals surface area contributed by atoms with Crippen molar-refractivity contribution in [2.45, 2.75) is 26.6 Å². The number of hydrogen-bond donors (Lipinski definition) is 1. The van der Waals surface area contributed by atoms with Gasteiger partial charge in [-0.1, -0.05) is 60.1 Å². The summed E-state index contributed by atoms with van der Waals surface area (Å²) in [6, 6.07) is 21.9. The monoisotopic (exact) mass is 447 g/mol. The Bertz CT molecular complexity index is 920. The summed E-state index contributed by atoms with van der Waals surface area (Å²) in [6.45, 7) is 4.26. The van der Waals surface area contributed by atoms with Gasteiger partial charge in [0.15, 0.2) is 11.5 Å². The number of benzene rings is 3.